The number of nitrogens with zero attached hydrogens (tertiary/aromatic N) is 5. The second-order valence-corrected chi connectivity index (χ2v) is 14.6. The summed E-state index contributed by atoms with van der Waals surface area (Å²) in [6.45, 7) is 3.07. The van der Waals surface area contributed by atoms with Crippen LogP contribution in [0, 0.1) is 17.1 Å². The van der Waals surface area contributed by atoms with Gasteiger partial charge in [0.05, 0.1) is 49.9 Å². The lowest BCUT2D eigenvalue weighted by Crippen LogP contribution is -2.20. The third kappa shape index (κ3) is 6.87. The molecule has 0 aliphatic carbocycles. The number of hydrogen-bond donors (Lipinski definition) is 0. The third-order valence-electron chi connectivity index (χ3n) is 6.82. The summed E-state index contributed by atoms with van der Waals surface area (Å²) in [4.78, 5) is 11.8. The molecule has 0 bridgehead atoms. The van der Waals surface area contributed by atoms with Gasteiger partial charge in [-0.1, -0.05) is 11.2 Å². The van der Waals surface area contributed by atoms with Gasteiger partial charge in [0.15, 0.2) is 0 Å². The molecule has 0 N–H and O–H groups in total. The van der Waals surface area contributed by atoms with Crippen LogP contribution in [0.15, 0.2) is 55.0 Å². The lowest BCUT2D eigenvalue weighted by molar-refractivity contribution is 0.0601. The molecule has 0 radical (unpaired) electrons. The molecule has 0 amide bonds. The van der Waals surface area contributed by atoms with Gasteiger partial charge in [-0.15, -0.1) is 0 Å². The van der Waals surface area contributed by atoms with E-state index in [1.165, 1.54) is 0 Å². The number of hydrogen-bond acceptors (Lipinski definition) is 7. The molecule has 0 saturated carbocycles. The smallest absolute Gasteiger partial charge is 0.124 e. The minimum atomic E-state index is -0.962. The second kappa shape index (κ2) is 12.2. The molecule has 0 unspecified atom stereocenters. The Bertz CT molecular complexity index is 1510. The molecule has 8 nitrogen and oxygen atoms in total. The first-order chi connectivity index (χ1) is 19.3. The number of rotatable bonds is 8. The normalized spacial score (nSPS) is 14.4. The van der Waals surface area contributed by atoms with Crippen LogP contribution in [-0.2, 0) is 11.3 Å². The lowest BCUT2D eigenvalue weighted by atomic mass is 10.0. The van der Waals surface area contributed by atoms with E-state index in [0.717, 1.165) is 77.8 Å². The van der Waals surface area contributed by atoms with Gasteiger partial charge in [-0.05, 0) is 55.7 Å². The zero-order valence-electron chi connectivity index (χ0n) is 23.9. The van der Waals surface area contributed by atoms with E-state index >= 15 is 0 Å². The second-order valence-electron chi connectivity index (χ2n) is 10.7. The topological polar surface area (TPSA) is 74.5 Å². The Labute approximate surface area is 238 Å². The average molecular weight is 560 g/mol. The van der Waals surface area contributed by atoms with Crippen LogP contribution < -0.4 is 14.4 Å². The van der Waals surface area contributed by atoms with E-state index in [1.54, 1.807) is 14.2 Å². The fourth-order valence-corrected chi connectivity index (χ4v) is 5.20. The Kier molecular flexibility index (Phi) is 8.48. The van der Waals surface area contributed by atoms with Crippen LogP contribution >= 0.6 is 10.0 Å². The van der Waals surface area contributed by atoms with Crippen molar-refractivity contribution in [3.8, 4) is 33.9 Å². The Morgan fingerprint density at radius 1 is 0.975 bits per heavy atom. The van der Waals surface area contributed by atoms with Gasteiger partial charge in [-0.3, -0.25) is 9.67 Å². The number of aromatic nitrogens is 4. The highest BCUT2D eigenvalue weighted by molar-refractivity contribution is 8.35. The molecule has 1 fully saturated rings. The summed E-state index contributed by atoms with van der Waals surface area (Å²) in [6, 6.07) is 12.0. The Morgan fingerprint density at radius 3 is 2.42 bits per heavy atom. The maximum Gasteiger partial charge on any atom is 0.124 e. The Hall–Kier alpha value is -3.74. The molecule has 9 heteroatoms. The van der Waals surface area contributed by atoms with Gasteiger partial charge in [-0.25, -0.2) is 4.98 Å². The first-order valence-electron chi connectivity index (χ1n) is 13.4. The zero-order chi connectivity index (χ0) is 28.1. The number of benzene rings is 2. The van der Waals surface area contributed by atoms with Crippen LogP contribution in [0.4, 0.5) is 11.4 Å². The SMILES string of the molecule is COc1cc(OC)cc(N(CC#CS(C)(C)C)c2ccc3ncc(-c4cnn(CC5CCOCC5)c4)nc3c2)c1. The van der Waals surface area contributed by atoms with E-state index in [4.69, 9.17) is 24.2 Å². The Balaban J connectivity index is 1.48. The summed E-state index contributed by atoms with van der Waals surface area (Å²) in [5.74, 6) is 5.42. The molecule has 5 rings (SSSR count). The summed E-state index contributed by atoms with van der Waals surface area (Å²) >= 11 is 0. The van der Waals surface area contributed by atoms with Gasteiger partial charge in [0.2, 0.25) is 0 Å². The highest BCUT2D eigenvalue weighted by atomic mass is 32.3. The first kappa shape index (κ1) is 27.8. The first-order valence-corrected chi connectivity index (χ1v) is 16.2. The van der Waals surface area contributed by atoms with E-state index < -0.39 is 10.0 Å². The molecule has 1 aliphatic heterocycles. The van der Waals surface area contributed by atoms with Crippen molar-refractivity contribution in [2.24, 2.45) is 5.92 Å². The van der Waals surface area contributed by atoms with Crippen LogP contribution in [0.1, 0.15) is 12.8 Å². The van der Waals surface area contributed by atoms with Crippen LogP contribution in [-0.4, -0.2) is 72.5 Å². The average Bonchev–Trinajstić information content (AvgIpc) is 3.43. The van der Waals surface area contributed by atoms with E-state index in [9.17, 15) is 0 Å². The van der Waals surface area contributed by atoms with Crippen molar-refractivity contribution in [1.29, 1.82) is 0 Å². The van der Waals surface area contributed by atoms with Crippen molar-refractivity contribution in [2.75, 3.05) is 57.6 Å². The summed E-state index contributed by atoms with van der Waals surface area (Å²) in [5.41, 5.74) is 5.28. The molecule has 0 atom stereocenters. The van der Waals surface area contributed by atoms with E-state index in [1.807, 2.05) is 41.3 Å². The fraction of sp³-hybridized carbons (Fsp3) is 0.387. The minimum Gasteiger partial charge on any atom is -0.497 e. The van der Waals surface area contributed by atoms with Crippen molar-refractivity contribution < 1.29 is 14.2 Å². The van der Waals surface area contributed by atoms with Gasteiger partial charge in [0.1, 0.15) is 11.5 Å². The predicted molar refractivity (Wildman–Crippen MR) is 164 cm³/mol. The van der Waals surface area contributed by atoms with Crippen molar-refractivity contribution >= 4 is 32.4 Å². The fourth-order valence-electron chi connectivity index (χ4n) is 4.70. The van der Waals surface area contributed by atoms with Crippen molar-refractivity contribution in [3.63, 3.8) is 0 Å². The van der Waals surface area contributed by atoms with Crippen LogP contribution in [0.25, 0.3) is 22.3 Å². The van der Waals surface area contributed by atoms with Gasteiger partial charge in [-0.2, -0.15) is 15.1 Å². The molecule has 0 spiro atoms. The van der Waals surface area contributed by atoms with Crippen LogP contribution in [0.2, 0.25) is 0 Å². The zero-order valence-corrected chi connectivity index (χ0v) is 24.7. The minimum absolute atomic E-state index is 0.512. The molecule has 2 aromatic carbocycles. The van der Waals surface area contributed by atoms with E-state index in [-0.39, 0.29) is 0 Å². The highest BCUT2D eigenvalue weighted by Gasteiger charge is 2.17. The van der Waals surface area contributed by atoms with Crippen molar-refractivity contribution in [1.82, 2.24) is 19.7 Å². The molecule has 1 aliphatic rings. The summed E-state index contributed by atoms with van der Waals surface area (Å²) < 4.78 is 18.6. The molecule has 2 aromatic heterocycles. The molecular weight excluding hydrogens is 522 g/mol. The lowest BCUT2D eigenvalue weighted by Gasteiger charge is -2.24. The molecule has 210 valence electrons. The number of anilines is 2. The summed E-state index contributed by atoms with van der Waals surface area (Å²) in [7, 11) is 2.35. The monoisotopic (exact) mass is 559 g/mol. The predicted octanol–water partition coefficient (Wildman–Crippen LogP) is 5.73. The number of fused-ring (bicyclic) bond motifs is 1. The van der Waals surface area contributed by atoms with Crippen LogP contribution in [0.3, 0.4) is 0 Å². The molecular formula is C31H37N5O3S. The van der Waals surface area contributed by atoms with E-state index in [0.29, 0.717) is 12.5 Å². The van der Waals surface area contributed by atoms with Crippen LogP contribution in [0.5, 0.6) is 11.5 Å². The number of ether oxygens (including phenoxy) is 3. The molecule has 4 aromatic rings. The highest BCUT2D eigenvalue weighted by Crippen LogP contribution is 2.35. The van der Waals surface area contributed by atoms with Crippen molar-refractivity contribution in [3.05, 3.63) is 55.0 Å². The third-order valence-corrected chi connectivity index (χ3v) is 7.57. The maximum atomic E-state index is 5.55. The summed E-state index contributed by atoms with van der Waals surface area (Å²) in [6.07, 6.45) is 14.5. The van der Waals surface area contributed by atoms with Gasteiger partial charge < -0.3 is 19.1 Å². The molecule has 40 heavy (non-hydrogen) atoms. The van der Waals surface area contributed by atoms with Gasteiger partial charge >= 0.3 is 0 Å². The Morgan fingerprint density at radius 2 is 1.73 bits per heavy atom. The maximum absolute atomic E-state index is 5.55. The summed E-state index contributed by atoms with van der Waals surface area (Å²) in [5, 5.41) is 8.03. The largest absolute Gasteiger partial charge is 0.497 e. The standard InChI is InChI=1S/C31H37N5O3S/c1-37-27-15-26(16-28(18-27)38-2)36(11-6-14-40(3,4)5)25-7-8-29-30(17-25)34-31(20-32-29)24-19-33-35(22-24)21-23-9-12-39-13-10-23/h7-8,15-20,22-23H,9-13,21H2,1-5H3. The van der Waals surface area contributed by atoms with Gasteiger partial charge in [0, 0.05) is 61.1 Å². The number of methoxy groups -OCH3 is 2. The van der Waals surface area contributed by atoms with E-state index in [2.05, 4.69) is 58.3 Å². The molecule has 3 heterocycles. The molecule has 1 saturated heterocycles. The van der Waals surface area contributed by atoms with Gasteiger partial charge in [0.25, 0.3) is 0 Å². The van der Waals surface area contributed by atoms with Crippen molar-refractivity contribution in [2.45, 2.75) is 19.4 Å². The quantitative estimate of drug-likeness (QED) is 0.255.